The number of likely N-dealkylation sites (N-methyl/N-ethyl adjacent to an activating group) is 1. The Bertz CT molecular complexity index is 1160. The highest BCUT2D eigenvalue weighted by molar-refractivity contribution is 7.84. The van der Waals surface area contributed by atoms with Crippen molar-refractivity contribution in [1.82, 2.24) is 4.90 Å². The summed E-state index contributed by atoms with van der Waals surface area (Å²) >= 11 is 0. The first-order valence-corrected chi connectivity index (χ1v) is 13.4. The number of carbonyl (C=O) groups is 2. The maximum atomic E-state index is 14.1. The number of carbonyl (C=O) groups excluding carboxylic acids is 1. The van der Waals surface area contributed by atoms with Crippen LogP contribution in [0.25, 0.3) is 17.2 Å². The van der Waals surface area contributed by atoms with Crippen molar-refractivity contribution in [3.8, 4) is 0 Å². The van der Waals surface area contributed by atoms with Crippen LogP contribution in [0.1, 0.15) is 50.8 Å². The van der Waals surface area contributed by atoms with E-state index in [1.165, 1.54) is 12.1 Å². The minimum absolute atomic E-state index is 0.103. The molecule has 1 atom stereocenters. The van der Waals surface area contributed by atoms with E-state index < -0.39 is 16.8 Å². The maximum Gasteiger partial charge on any atom is 0.310 e. The van der Waals surface area contributed by atoms with Gasteiger partial charge in [-0.15, -0.1) is 0 Å². The Morgan fingerprint density at radius 3 is 2.25 bits per heavy atom. The molecule has 36 heavy (non-hydrogen) atoms. The van der Waals surface area contributed by atoms with E-state index in [1.54, 1.807) is 12.3 Å². The van der Waals surface area contributed by atoms with Gasteiger partial charge in [0.2, 0.25) is 0 Å². The molecule has 0 bridgehead atoms. The lowest BCUT2D eigenvalue weighted by Gasteiger charge is -2.17. The van der Waals surface area contributed by atoms with Crippen LogP contribution in [0.5, 0.6) is 0 Å². The summed E-state index contributed by atoms with van der Waals surface area (Å²) in [5, 5.41) is 7.42. The molecule has 0 spiro atoms. The molecule has 194 valence electrons. The largest absolute Gasteiger partial charge is 0.481 e. The lowest BCUT2D eigenvalue weighted by molar-refractivity contribution is -0.142. The monoisotopic (exact) mass is 515 g/mol. The molecule has 0 aliphatic heterocycles. The highest BCUT2D eigenvalue weighted by atomic mass is 32.2. The Kier molecular flexibility index (Phi) is 11.2. The molecule has 1 unspecified atom stereocenters. The third-order valence-electron chi connectivity index (χ3n) is 5.86. The summed E-state index contributed by atoms with van der Waals surface area (Å²) < 4.78 is 31.2. The van der Waals surface area contributed by atoms with E-state index in [9.17, 15) is 13.4 Å². The molecular weight excluding hydrogens is 481 g/mol. The molecule has 0 heterocycles. The molecule has 1 aliphatic carbocycles. The predicted octanol–water partition coefficient (Wildman–Crippen LogP) is 5.26. The predicted molar refractivity (Wildman–Crippen MR) is 142 cm³/mol. The Morgan fingerprint density at radius 2 is 1.69 bits per heavy atom. The summed E-state index contributed by atoms with van der Waals surface area (Å²) in [6.45, 7) is 10.1. The van der Waals surface area contributed by atoms with Crippen molar-refractivity contribution >= 4 is 40.0 Å². The van der Waals surface area contributed by atoms with E-state index in [0.29, 0.717) is 13.2 Å². The zero-order valence-corrected chi connectivity index (χ0v) is 22.3. The van der Waals surface area contributed by atoms with Crippen molar-refractivity contribution in [3.63, 3.8) is 0 Å². The molecule has 0 saturated carbocycles. The number of hydrogen-bond acceptors (Lipinski definition) is 5. The zero-order chi connectivity index (χ0) is 26.8. The number of carboxylic acids is 1. The highest BCUT2D eigenvalue weighted by Gasteiger charge is 2.26. The minimum Gasteiger partial charge on any atom is -0.481 e. The third-order valence-corrected chi connectivity index (χ3v) is 6.80. The fourth-order valence-corrected chi connectivity index (χ4v) is 4.45. The summed E-state index contributed by atoms with van der Waals surface area (Å²) in [5.74, 6) is -1.47. The number of allylic oxidation sites excluding steroid dienone is 2. The van der Waals surface area contributed by atoms with Crippen molar-refractivity contribution in [2.75, 3.05) is 32.5 Å². The van der Waals surface area contributed by atoms with Crippen LogP contribution >= 0.6 is 0 Å². The molecule has 0 fully saturated rings. The van der Waals surface area contributed by atoms with Gasteiger partial charge in [-0.25, -0.2) is 4.39 Å². The van der Waals surface area contributed by atoms with Crippen molar-refractivity contribution in [1.29, 1.82) is 0 Å². The summed E-state index contributed by atoms with van der Waals surface area (Å²) in [6, 6.07) is 12.2. The van der Waals surface area contributed by atoms with Crippen molar-refractivity contribution in [2.24, 2.45) is 0 Å². The fraction of sp³-hybridized carbons (Fsp3) is 0.357. The Hall–Kier alpha value is -3.10. The summed E-state index contributed by atoms with van der Waals surface area (Å²) in [5.41, 5.74) is 5.28. The third kappa shape index (κ3) is 8.24. The van der Waals surface area contributed by atoms with Gasteiger partial charge in [-0.1, -0.05) is 32.0 Å². The second-order valence-corrected chi connectivity index (χ2v) is 9.70. The topological polar surface area (TPSA) is 83.9 Å². The zero-order valence-electron chi connectivity index (χ0n) is 21.5. The number of fused-ring (bicyclic) bond motifs is 1. The lowest BCUT2D eigenvalue weighted by Crippen LogP contribution is -2.27. The Labute approximate surface area is 214 Å². The van der Waals surface area contributed by atoms with Gasteiger partial charge in [0.15, 0.2) is 0 Å². The van der Waals surface area contributed by atoms with Crippen molar-refractivity contribution < 1.29 is 28.0 Å². The van der Waals surface area contributed by atoms with Gasteiger partial charge in [0, 0.05) is 35.4 Å². The minimum atomic E-state index is -1.03. The van der Waals surface area contributed by atoms with Gasteiger partial charge in [0.1, 0.15) is 12.4 Å². The Morgan fingerprint density at radius 1 is 1.08 bits per heavy atom. The molecule has 8 heteroatoms. The summed E-state index contributed by atoms with van der Waals surface area (Å²) in [6.07, 6.45) is 3.77. The smallest absolute Gasteiger partial charge is 0.310 e. The number of benzene rings is 2. The van der Waals surface area contributed by atoms with Crippen LogP contribution in [0, 0.1) is 5.82 Å². The molecule has 1 N–H and O–H groups in total. The average molecular weight is 516 g/mol. The molecule has 0 aromatic heterocycles. The average Bonchev–Trinajstić information content (AvgIpc) is 3.07. The number of halogens is 1. The van der Waals surface area contributed by atoms with E-state index >= 15 is 0 Å². The second-order valence-electron chi connectivity index (χ2n) is 8.32. The number of carboxylic acid groups (broad SMARTS) is 1. The molecular formula is C28H34FNO5S. The van der Waals surface area contributed by atoms with Crippen LogP contribution in [-0.4, -0.2) is 58.7 Å². The molecule has 6 nitrogen and oxygen atoms in total. The molecule has 2 aromatic rings. The fourth-order valence-electron chi connectivity index (χ4n) is 3.93. The van der Waals surface area contributed by atoms with Gasteiger partial charge in [-0.3, -0.25) is 13.8 Å². The number of aliphatic carboxylic acids is 1. The maximum absolute atomic E-state index is 14.1. The second kappa shape index (κ2) is 13.8. The summed E-state index contributed by atoms with van der Waals surface area (Å²) in [4.78, 5) is 24.5. The van der Waals surface area contributed by atoms with Gasteiger partial charge >= 0.3 is 5.97 Å². The first-order chi connectivity index (χ1) is 17.1. The van der Waals surface area contributed by atoms with Gasteiger partial charge in [0.25, 0.3) is 5.97 Å². The number of ether oxygens (including phenoxy) is 1. The number of esters is 1. The highest BCUT2D eigenvalue weighted by Crippen LogP contribution is 2.44. The molecule has 0 radical (unpaired) electrons. The number of hydrogen-bond donors (Lipinski definition) is 1. The number of nitrogens with zero attached hydrogens (tertiary/aromatic N) is 1. The SMILES string of the molecule is CC(=O)O.CCN(CC)CCOC(=O)CC1=C(C)/C(=C/c2ccc(S(C)=O)cc2)c2ccc(F)cc21. The van der Waals surface area contributed by atoms with Crippen LogP contribution in [-0.2, 0) is 25.1 Å². The van der Waals surface area contributed by atoms with Gasteiger partial charge in [-0.2, -0.15) is 0 Å². The van der Waals surface area contributed by atoms with E-state index in [1.807, 2.05) is 37.3 Å². The lowest BCUT2D eigenvalue weighted by atomic mass is 10.0. The standard InChI is InChI=1S/C26H30FNO3S.C2H4O2/c1-5-28(6-2)13-14-31-26(29)17-24-18(3)23(22-12-9-20(27)16-25(22)24)15-19-7-10-21(11-8-19)32(4)30;1-2(3)4/h7-12,15-16H,5-6,13-14,17H2,1-4H3;1H3,(H,3,4)/b23-15-;. The van der Waals surface area contributed by atoms with Crippen LogP contribution < -0.4 is 0 Å². The van der Waals surface area contributed by atoms with Crippen LogP contribution in [0.2, 0.25) is 0 Å². The molecule has 1 aliphatic rings. The molecule has 0 amide bonds. The summed E-state index contributed by atoms with van der Waals surface area (Å²) in [7, 11) is -1.03. The first kappa shape index (κ1) is 29.1. The van der Waals surface area contributed by atoms with Gasteiger partial charge < -0.3 is 14.7 Å². The van der Waals surface area contributed by atoms with E-state index in [0.717, 1.165) is 58.3 Å². The molecule has 2 aromatic carbocycles. The number of rotatable bonds is 9. The van der Waals surface area contributed by atoms with Crippen LogP contribution in [0.3, 0.4) is 0 Å². The van der Waals surface area contributed by atoms with E-state index in [-0.39, 0.29) is 18.2 Å². The van der Waals surface area contributed by atoms with Gasteiger partial charge in [0.05, 0.1) is 6.42 Å². The van der Waals surface area contributed by atoms with Crippen molar-refractivity contribution in [3.05, 3.63) is 70.5 Å². The van der Waals surface area contributed by atoms with E-state index in [2.05, 4.69) is 18.7 Å². The van der Waals surface area contributed by atoms with Crippen molar-refractivity contribution in [2.45, 2.75) is 39.0 Å². The van der Waals surface area contributed by atoms with Gasteiger partial charge in [-0.05, 0) is 83.8 Å². The normalized spacial score (nSPS) is 14.4. The van der Waals surface area contributed by atoms with Crippen LogP contribution in [0.15, 0.2) is 52.9 Å². The first-order valence-electron chi connectivity index (χ1n) is 11.8. The Balaban J connectivity index is 0.00000106. The molecule has 0 saturated heterocycles. The quantitative estimate of drug-likeness (QED) is 0.459. The molecule has 3 rings (SSSR count). The van der Waals surface area contributed by atoms with Crippen LogP contribution in [0.4, 0.5) is 4.39 Å². The van der Waals surface area contributed by atoms with E-state index in [4.69, 9.17) is 14.6 Å².